The predicted octanol–water partition coefficient (Wildman–Crippen LogP) is 2.90. The van der Waals surface area contributed by atoms with E-state index in [0.29, 0.717) is 10.5 Å². The summed E-state index contributed by atoms with van der Waals surface area (Å²) in [6, 6.07) is 8.46. The fraction of sp³-hybridized carbons (Fsp3) is 0.263. The Labute approximate surface area is 146 Å². The normalized spacial score (nSPS) is 11.8. The molecule has 3 aromatic rings. The summed E-state index contributed by atoms with van der Waals surface area (Å²) in [5, 5.41) is 0. The third-order valence-corrected chi connectivity index (χ3v) is 6.48. The number of pyridine rings is 1. The van der Waals surface area contributed by atoms with E-state index in [2.05, 4.69) is 4.98 Å². The summed E-state index contributed by atoms with van der Waals surface area (Å²) in [5.74, 6) is -0.293. The van der Waals surface area contributed by atoms with Crippen molar-refractivity contribution in [3.05, 3.63) is 74.8 Å². The van der Waals surface area contributed by atoms with Crippen molar-refractivity contribution in [2.75, 3.05) is 0 Å². The summed E-state index contributed by atoms with van der Waals surface area (Å²) in [6.45, 7) is 7.44. The molecule has 1 aromatic carbocycles. The van der Waals surface area contributed by atoms with Crippen LogP contribution in [-0.4, -0.2) is 17.8 Å². The SMILES string of the molecule is Cc1cc(C)c(C)c(S(=O)(=O)Cc2cc(=O)n3ccccc3n2)c1C. The van der Waals surface area contributed by atoms with Gasteiger partial charge < -0.3 is 0 Å². The van der Waals surface area contributed by atoms with Crippen LogP contribution in [0.25, 0.3) is 5.65 Å². The van der Waals surface area contributed by atoms with Gasteiger partial charge in [0.25, 0.3) is 5.56 Å². The largest absolute Gasteiger partial charge is 0.269 e. The van der Waals surface area contributed by atoms with E-state index in [9.17, 15) is 13.2 Å². The molecule has 0 saturated carbocycles. The van der Waals surface area contributed by atoms with Crippen LogP contribution in [0.15, 0.2) is 46.2 Å². The third-order valence-electron chi connectivity index (χ3n) is 4.57. The summed E-state index contributed by atoms with van der Waals surface area (Å²) in [7, 11) is -3.62. The Morgan fingerprint density at radius 3 is 2.28 bits per heavy atom. The van der Waals surface area contributed by atoms with Gasteiger partial charge in [-0.05, 0) is 62.1 Å². The van der Waals surface area contributed by atoms with Crippen molar-refractivity contribution in [3.8, 4) is 0 Å². The molecular weight excluding hydrogens is 336 g/mol. The Morgan fingerprint density at radius 2 is 1.64 bits per heavy atom. The van der Waals surface area contributed by atoms with Crippen LogP contribution in [0, 0.1) is 27.7 Å². The topological polar surface area (TPSA) is 68.5 Å². The average Bonchev–Trinajstić information content (AvgIpc) is 2.52. The smallest absolute Gasteiger partial charge is 0.258 e. The number of hydrogen-bond donors (Lipinski definition) is 0. The maximum atomic E-state index is 13.0. The lowest BCUT2D eigenvalue weighted by atomic mass is 10.0. The molecule has 0 radical (unpaired) electrons. The Bertz CT molecular complexity index is 1120. The molecule has 0 aliphatic heterocycles. The van der Waals surface area contributed by atoms with E-state index in [1.54, 1.807) is 24.4 Å². The van der Waals surface area contributed by atoms with Crippen LogP contribution in [0.3, 0.4) is 0 Å². The first-order valence-corrected chi connectivity index (χ1v) is 9.63. The summed E-state index contributed by atoms with van der Waals surface area (Å²) in [4.78, 5) is 16.9. The van der Waals surface area contributed by atoms with Crippen molar-refractivity contribution in [2.45, 2.75) is 38.3 Å². The molecule has 5 nitrogen and oxygen atoms in total. The number of rotatable bonds is 3. The minimum atomic E-state index is -3.62. The zero-order valence-corrected chi connectivity index (χ0v) is 15.5. The van der Waals surface area contributed by atoms with Gasteiger partial charge in [0.1, 0.15) is 5.65 Å². The molecule has 130 valence electrons. The van der Waals surface area contributed by atoms with Crippen molar-refractivity contribution in [1.29, 1.82) is 0 Å². The molecule has 0 N–H and O–H groups in total. The van der Waals surface area contributed by atoms with E-state index in [4.69, 9.17) is 0 Å². The highest BCUT2D eigenvalue weighted by Gasteiger charge is 2.23. The van der Waals surface area contributed by atoms with E-state index in [-0.39, 0.29) is 17.0 Å². The predicted molar refractivity (Wildman–Crippen MR) is 97.7 cm³/mol. The molecule has 2 aromatic heterocycles. The molecule has 0 unspecified atom stereocenters. The van der Waals surface area contributed by atoms with Crippen LogP contribution in [-0.2, 0) is 15.6 Å². The summed E-state index contributed by atoms with van der Waals surface area (Å²) in [6.07, 6.45) is 1.61. The van der Waals surface area contributed by atoms with Gasteiger partial charge in [0, 0.05) is 12.3 Å². The lowest BCUT2D eigenvalue weighted by Crippen LogP contribution is -2.18. The van der Waals surface area contributed by atoms with Crippen molar-refractivity contribution < 1.29 is 8.42 Å². The second-order valence-electron chi connectivity index (χ2n) is 6.36. The van der Waals surface area contributed by atoms with E-state index >= 15 is 0 Å². The molecule has 0 aliphatic carbocycles. The molecule has 0 aliphatic rings. The summed E-state index contributed by atoms with van der Waals surface area (Å²) < 4.78 is 27.5. The maximum Gasteiger partial charge on any atom is 0.258 e. The van der Waals surface area contributed by atoms with Crippen LogP contribution in [0.2, 0.25) is 0 Å². The Hall–Kier alpha value is -2.47. The lowest BCUT2D eigenvalue weighted by Gasteiger charge is -2.15. The van der Waals surface area contributed by atoms with Crippen LogP contribution in [0.4, 0.5) is 0 Å². The average molecular weight is 356 g/mol. The molecule has 0 saturated heterocycles. The van der Waals surface area contributed by atoms with E-state index in [1.165, 1.54) is 10.5 Å². The second-order valence-corrected chi connectivity index (χ2v) is 8.29. The van der Waals surface area contributed by atoms with Crippen molar-refractivity contribution in [3.63, 3.8) is 0 Å². The van der Waals surface area contributed by atoms with Crippen LogP contribution >= 0.6 is 0 Å². The highest BCUT2D eigenvalue weighted by Crippen LogP contribution is 2.28. The van der Waals surface area contributed by atoms with Gasteiger partial charge >= 0.3 is 0 Å². The Kier molecular flexibility index (Phi) is 4.24. The minimum Gasteiger partial charge on any atom is -0.269 e. The second kappa shape index (κ2) is 6.11. The van der Waals surface area contributed by atoms with Crippen LogP contribution in [0.5, 0.6) is 0 Å². The zero-order chi connectivity index (χ0) is 18.4. The molecule has 0 amide bonds. The number of nitrogens with zero attached hydrogens (tertiary/aromatic N) is 2. The van der Waals surface area contributed by atoms with Gasteiger partial charge in [-0.3, -0.25) is 9.20 Å². The number of aromatic nitrogens is 2. The lowest BCUT2D eigenvalue weighted by molar-refractivity contribution is 0.593. The number of benzene rings is 1. The van der Waals surface area contributed by atoms with Crippen LogP contribution in [0.1, 0.15) is 27.9 Å². The highest BCUT2D eigenvalue weighted by molar-refractivity contribution is 7.90. The Balaban J connectivity index is 2.14. The first-order chi connectivity index (χ1) is 11.7. The van der Waals surface area contributed by atoms with Gasteiger partial charge in [-0.1, -0.05) is 12.1 Å². The molecule has 6 heteroatoms. The summed E-state index contributed by atoms with van der Waals surface area (Å²) >= 11 is 0. The van der Waals surface area contributed by atoms with Crippen LogP contribution < -0.4 is 5.56 Å². The maximum absolute atomic E-state index is 13.0. The molecule has 0 atom stereocenters. The quantitative estimate of drug-likeness (QED) is 0.724. The van der Waals surface area contributed by atoms with Crippen molar-refractivity contribution >= 4 is 15.5 Å². The number of fused-ring (bicyclic) bond motifs is 1. The standard InChI is InChI=1S/C19H20N2O3S/c1-12-9-13(2)15(4)19(14(12)3)25(23,24)11-16-10-18(22)21-8-6-5-7-17(21)20-16/h5-10H,11H2,1-4H3. The fourth-order valence-electron chi connectivity index (χ4n) is 3.09. The Morgan fingerprint density at radius 1 is 1.00 bits per heavy atom. The molecule has 0 fully saturated rings. The molecule has 2 heterocycles. The summed E-state index contributed by atoms with van der Waals surface area (Å²) in [5.41, 5.74) is 3.79. The van der Waals surface area contributed by atoms with Crippen molar-refractivity contribution in [1.82, 2.24) is 9.38 Å². The number of hydrogen-bond acceptors (Lipinski definition) is 4. The van der Waals surface area contributed by atoms with Gasteiger partial charge in [0.15, 0.2) is 9.84 Å². The van der Waals surface area contributed by atoms with Gasteiger partial charge in [-0.25, -0.2) is 13.4 Å². The monoisotopic (exact) mass is 356 g/mol. The molecule has 25 heavy (non-hydrogen) atoms. The van der Waals surface area contributed by atoms with Gasteiger partial charge in [0.05, 0.1) is 16.3 Å². The van der Waals surface area contributed by atoms with E-state index in [0.717, 1.165) is 22.3 Å². The third kappa shape index (κ3) is 3.09. The van der Waals surface area contributed by atoms with E-state index in [1.807, 2.05) is 33.8 Å². The number of aryl methyl sites for hydroxylation is 2. The molecule has 0 spiro atoms. The molecule has 3 rings (SSSR count). The molecular formula is C19H20N2O3S. The fourth-order valence-corrected chi connectivity index (χ4v) is 5.03. The number of sulfone groups is 1. The minimum absolute atomic E-state index is 0.258. The van der Waals surface area contributed by atoms with E-state index < -0.39 is 9.84 Å². The first-order valence-electron chi connectivity index (χ1n) is 7.98. The van der Waals surface area contributed by atoms with Gasteiger partial charge in [0.2, 0.25) is 0 Å². The van der Waals surface area contributed by atoms with Gasteiger partial charge in [-0.15, -0.1) is 0 Å². The highest BCUT2D eigenvalue weighted by atomic mass is 32.2. The first kappa shape index (κ1) is 17.4. The van der Waals surface area contributed by atoms with Crippen molar-refractivity contribution in [2.24, 2.45) is 0 Å². The molecule has 0 bridgehead atoms. The zero-order valence-electron chi connectivity index (χ0n) is 14.7. The van der Waals surface area contributed by atoms with Gasteiger partial charge in [-0.2, -0.15) is 0 Å².